The first-order valence-corrected chi connectivity index (χ1v) is 6.53. The van der Waals surface area contributed by atoms with E-state index < -0.39 is 20.5 Å². The summed E-state index contributed by atoms with van der Waals surface area (Å²) >= 11 is 4.64. The lowest BCUT2D eigenvalue weighted by molar-refractivity contribution is -0.131. The first-order chi connectivity index (χ1) is 6.50. The molecule has 0 aromatic rings. The molecule has 0 saturated heterocycles. The Labute approximate surface area is 95.5 Å². The predicted octanol–water partition coefficient (Wildman–Crippen LogP) is -0.446. The van der Waals surface area contributed by atoms with Gasteiger partial charge in [0.2, 0.25) is 5.91 Å². The van der Waals surface area contributed by atoms with Crippen LogP contribution in [0.4, 0.5) is 0 Å². The van der Waals surface area contributed by atoms with Crippen LogP contribution in [-0.4, -0.2) is 48.8 Å². The van der Waals surface area contributed by atoms with Crippen LogP contribution in [0.1, 0.15) is 13.8 Å². The molecular formula is C8H16N2O3S2. The lowest BCUT2D eigenvalue weighted by atomic mass is 10.2. The molecule has 0 aliphatic heterocycles. The van der Waals surface area contributed by atoms with E-state index in [1.807, 2.05) is 0 Å². The third kappa shape index (κ3) is 3.42. The van der Waals surface area contributed by atoms with Gasteiger partial charge in [0.15, 0.2) is 9.84 Å². The second kappa shape index (κ2) is 4.44. The summed E-state index contributed by atoms with van der Waals surface area (Å²) in [5.74, 6) is -0.516. The number of thiocarbonyl (C=S) groups is 1. The Kier molecular flexibility index (Phi) is 4.24. The zero-order chi connectivity index (χ0) is 12.4. The molecule has 0 aromatic heterocycles. The molecule has 88 valence electrons. The highest BCUT2D eigenvalue weighted by molar-refractivity contribution is 7.92. The Morgan fingerprint density at radius 3 is 2.13 bits per heavy atom. The van der Waals surface area contributed by atoms with Gasteiger partial charge in [0.1, 0.15) is 4.75 Å². The van der Waals surface area contributed by atoms with Crippen LogP contribution in [0.5, 0.6) is 0 Å². The minimum atomic E-state index is -3.46. The summed E-state index contributed by atoms with van der Waals surface area (Å²) in [7, 11) is -1.99. The van der Waals surface area contributed by atoms with E-state index in [1.165, 1.54) is 25.8 Å². The second-order valence-corrected chi connectivity index (χ2v) is 7.00. The van der Waals surface area contributed by atoms with Crippen molar-refractivity contribution >= 4 is 33.0 Å². The SMILES string of the molecule is CN(CC(N)=S)C(=O)C(C)(C)S(C)(=O)=O. The van der Waals surface area contributed by atoms with Gasteiger partial charge in [-0.3, -0.25) is 4.79 Å². The number of likely N-dealkylation sites (N-methyl/N-ethyl adjacent to an activating group) is 1. The minimum Gasteiger partial charge on any atom is -0.392 e. The number of sulfone groups is 1. The van der Waals surface area contributed by atoms with Gasteiger partial charge in [-0.15, -0.1) is 0 Å². The minimum absolute atomic E-state index is 0.0765. The van der Waals surface area contributed by atoms with Crippen molar-refractivity contribution in [3.63, 3.8) is 0 Å². The third-order valence-electron chi connectivity index (χ3n) is 2.18. The number of carbonyl (C=O) groups is 1. The summed E-state index contributed by atoms with van der Waals surface area (Å²) in [6.45, 7) is 2.80. The van der Waals surface area contributed by atoms with E-state index >= 15 is 0 Å². The number of amides is 1. The van der Waals surface area contributed by atoms with Crippen molar-refractivity contribution in [1.82, 2.24) is 4.90 Å². The number of nitrogens with zero attached hydrogens (tertiary/aromatic N) is 1. The molecular weight excluding hydrogens is 236 g/mol. The summed E-state index contributed by atoms with van der Waals surface area (Å²) in [4.78, 5) is 13.1. The van der Waals surface area contributed by atoms with Crippen LogP contribution in [-0.2, 0) is 14.6 Å². The van der Waals surface area contributed by atoms with Crippen LogP contribution in [0.25, 0.3) is 0 Å². The summed E-state index contributed by atoms with van der Waals surface area (Å²) in [6.07, 6.45) is 1.03. The molecule has 2 N–H and O–H groups in total. The Morgan fingerprint density at radius 2 is 1.87 bits per heavy atom. The molecule has 1 amide bonds. The summed E-state index contributed by atoms with van der Waals surface area (Å²) in [5.41, 5.74) is 5.27. The number of hydrogen-bond donors (Lipinski definition) is 1. The Balaban J connectivity index is 4.94. The zero-order valence-electron chi connectivity index (χ0n) is 9.27. The normalized spacial score (nSPS) is 12.3. The lowest BCUT2D eigenvalue weighted by Gasteiger charge is -2.27. The number of carbonyl (C=O) groups excluding carboxylic acids is 1. The Bertz CT molecular complexity index is 373. The van der Waals surface area contributed by atoms with Crippen molar-refractivity contribution in [2.45, 2.75) is 18.6 Å². The number of rotatable bonds is 4. The third-order valence-corrected chi connectivity index (χ3v) is 4.34. The van der Waals surface area contributed by atoms with Crippen molar-refractivity contribution in [2.24, 2.45) is 5.73 Å². The fourth-order valence-electron chi connectivity index (χ4n) is 0.924. The molecule has 7 heteroatoms. The van der Waals surface area contributed by atoms with E-state index in [9.17, 15) is 13.2 Å². The van der Waals surface area contributed by atoms with Gasteiger partial charge < -0.3 is 10.6 Å². The molecule has 0 heterocycles. The largest absolute Gasteiger partial charge is 0.392 e. The highest BCUT2D eigenvalue weighted by Gasteiger charge is 2.40. The van der Waals surface area contributed by atoms with Crippen LogP contribution in [0, 0.1) is 0 Å². The maximum atomic E-state index is 11.8. The molecule has 0 bridgehead atoms. The number of nitrogens with two attached hydrogens (primary N) is 1. The molecule has 0 aliphatic rings. The molecule has 5 nitrogen and oxygen atoms in total. The fourth-order valence-corrected chi connectivity index (χ4v) is 1.59. The first kappa shape index (κ1) is 14.3. The van der Waals surface area contributed by atoms with Crippen molar-refractivity contribution < 1.29 is 13.2 Å². The molecule has 0 saturated carbocycles. The van der Waals surface area contributed by atoms with Gasteiger partial charge in [-0.1, -0.05) is 12.2 Å². The highest BCUT2D eigenvalue weighted by Crippen LogP contribution is 2.17. The fraction of sp³-hybridized carbons (Fsp3) is 0.750. The summed E-state index contributed by atoms with van der Waals surface area (Å²) in [6, 6.07) is 0. The molecule has 0 spiro atoms. The van der Waals surface area contributed by atoms with E-state index in [2.05, 4.69) is 12.2 Å². The molecule has 0 radical (unpaired) electrons. The van der Waals surface area contributed by atoms with E-state index in [0.717, 1.165) is 6.26 Å². The molecule has 0 aromatic carbocycles. The molecule has 0 aliphatic carbocycles. The van der Waals surface area contributed by atoms with Gasteiger partial charge in [0, 0.05) is 13.3 Å². The van der Waals surface area contributed by atoms with Crippen molar-refractivity contribution in [3.05, 3.63) is 0 Å². The molecule has 0 rings (SSSR count). The van der Waals surface area contributed by atoms with Crippen LogP contribution in [0.2, 0.25) is 0 Å². The van der Waals surface area contributed by atoms with Crippen LogP contribution >= 0.6 is 12.2 Å². The van der Waals surface area contributed by atoms with Crippen LogP contribution in [0.15, 0.2) is 0 Å². The van der Waals surface area contributed by atoms with Crippen LogP contribution in [0.3, 0.4) is 0 Å². The monoisotopic (exact) mass is 252 g/mol. The first-order valence-electron chi connectivity index (χ1n) is 4.23. The van der Waals surface area contributed by atoms with E-state index in [0.29, 0.717) is 0 Å². The van der Waals surface area contributed by atoms with Crippen molar-refractivity contribution in [3.8, 4) is 0 Å². The zero-order valence-corrected chi connectivity index (χ0v) is 10.9. The summed E-state index contributed by atoms with van der Waals surface area (Å²) in [5, 5.41) is 0. The Hall–Kier alpha value is -0.690. The molecule has 0 fully saturated rings. The average Bonchev–Trinajstić information content (AvgIpc) is 1.99. The van der Waals surface area contributed by atoms with Gasteiger partial charge in [-0.2, -0.15) is 0 Å². The smallest absolute Gasteiger partial charge is 0.243 e. The average molecular weight is 252 g/mol. The van der Waals surface area contributed by atoms with Crippen molar-refractivity contribution in [2.75, 3.05) is 19.8 Å². The van der Waals surface area contributed by atoms with E-state index in [-0.39, 0.29) is 11.5 Å². The second-order valence-electron chi connectivity index (χ2n) is 3.91. The van der Waals surface area contributed by atoms with Gasteiger partial charge in [0.25, 0.3) is 0 Å². The molecule has 15 heavy (non-hydrogen) atoms. The number of hydrogen-bond acceptors (Lipinski definition) is 4. The quantitative estimate of drug-likeness (QED) is 0.686. The maximum absolute atomic E-state index is 11.8. The summed E-state index contributed by atoms with van der Waals surface area (Å²) < 4.78 is 21.3. The maximum Gasteiger partial charge on any atom is 0.243 e. The molecule has 0 unspecified atom stereocenters. The van der Waals surface area contributed by atoms with Gasteiger partial charge in [-0.25, -0.2) is 8.42 Å². The van der Waals surface area contributed by atoms with Gasteiger partial charge in [-0.05, 0) is 13.8 Å². The van der Waals surface area contributed by atoms with Gasteiger partial charge in [0.05, 0.1) is 11.5 Å². The lowest BCUT2D eigenvalue weighted by Crippen LogP contribution is -2.50. The molecule has 0 atom stereocenters. The predicted molar refractivity (Wildman–Crippen MR) is 63.3 cm³/mol. The topological polar surface area (TPSA) is 80.5 Å². The van der Waals surface area contributed by atoms with Crippen molar-refractivity contribution in [1.29, 1.82) is 0 Å². The highest BCUT2D eigenvalue weighted by atomic mass is 32.2. The van der Waals surface area contributed by atoms with E-state index in [4.69, 9.17) is 5.73 Å². The standard InChI is InChI=1S/C8H16N2O3S2/c1-8(2,15(4,12)13)7(11)10(3)5-6(9)14/h5H2,1-4H3,(H2,9,14). The van der Waals surface area contributed by atoms with E-state index in [1.54, 1.807) is 0 Å². The van der Waals surface area contributed by atoms with Gasteiger partial charge >= 0.3 is 0 Å². The Morgan fingerprint density at radius 1 is 1.47 bits per heavy atom. The van der Waals surface area contributed by atoms with Crippen LogP contribution < -0.4 is 5.73 Å².